The van der Waals surface area contributed by atoms with Gasteiger partial charge in [0.25, 0.3) is 5.56 Å². The molecule has 0 aliphatic rings. The number of amides is 1. The highest BCUT2D eigenvalue weighted by Gasteiger charge is 2.16. The first-order valence-corrected chi connectivity index (χ1v) is 11.2. The van der Waals surface area contributed by atoms with Crippen LogP contribution in [-0.4, -0.2) is 21.2 Å². The summed E-state index contributed by atoms with van der Waals surface area (Å²) >= 11 is 2.48. The summed E-state index contributed by atoms with van der Waals surface area (Å²) in [6.07, 6.45) is 0. The molecule has 4 rings (SSSR count). The van der Waals surface area contributed by atoms with E-state index in [9.17, 15) is 18.4 Å². The van der Waals surface area contributed by atoms with Gasteiger partial charge >= 0.3 is 0 Å². The quantitative estimate of drug-likeness (QED) is 0.321. The van der Waals surface area contributed by atoms with Gasteiger partial charge in [-0.2, -0.15) is 0 Å². The second-order valence-electron chi connectivity index (χ2n) is 6.60. The van der Waals surface area contributed by atoms with E-state index in [0.717, 1.165) is 34.3 Å². The summed E-state index contributed by atoms with van der Waals surface area (Å²) in [7, 11) is 0. The van der Waals surface area contributed by atoms with Gasteiger partial charge < -0.3 is 5.32 Å². The summed E-state index contributed by atoms with van der Waals surface area (Å²) in [6, 6.07) is 14.5. The van der Waals surface area contributed by atoms with Crippen LogP contribution in [0.15, 0.2) is 64.5 Å². The van der Waals surface area contributed by atoms with Crippen molar-refractivity contribution >= 4 is 44.9 Å². The summed E-state index contributed by atoms with van der Waals surface area (Å²) in [5, 5.41) is 2.82. The molecule has 9 heteroatoms. The number of halogens is 2. The van der Waals surface area contributed by atoms with Gasteiger partial charge in [-0.1, -0.05) is 42.1 Å². The predicted molar refractivity (Wildman–Crippen MR) is 121 cm³/mol. The Bertz CT molecular complexity index is 1320. The highest BCUT2D eigenvalue weighted by Crippen LogP contribution is 2.32. The van der Waals surface area contributed by atoms with Crippen LogP contribution in [0.3, 0.4) is 0 Å². The van der Waals surface area contributed by atoms with Crippen LogP contribution in [-0.2, 0) is 11.3 Å². The Morgan fingerprint density at radius 2 is 1.94 bits per heavy atom. The van der Waals surface area contributed by atoms with Crippen LogP contribution in [0.1, 0.15) is 6.92 Å². The molecule has 4 aromatic rings. The number of rotatable bonds is 6. The van der Waals surface area contributed by atoms with Crippen LogP contribution in [0.5, 0.6) is 0 Å². The molecule has 2 aromatic carbocycles. The minimum absolute atomic E-state index is 0.0789. The minimum atomic E-state index is -0.852. The Balaban J connectivity index is 1.58. The van der Waals surface area contributed by atoms with Gasteiger partial charge in [-0.25, -0.2) is 13.8 Å². The van der Waals surface area contributed by atoms with E-state index in [-0.39, 0.29) is 17.0 Å². The van der Waals surface area contributed by atoms with Crippen molar-refractivity contribution < 1.29 is 13.6 Å². The van der Waals surface area contributed by atoms with E-state index in [4.69, 9.17) is 0 Å². The molecule has 0 atom stereocenters. The first kappa shape index (κ1) is 21.2. The van der Waals surface area contributed by atoms with Crippen molar-refractivity contribution in [3.63, 3.8) is 0 Å². The van der Waals surface area contributed by atoms with Crippen molar-refractivity contribution in [1.82, 2.24) is 9.55 Å². The SMILES string of the molecule is CCn1c(SCC(=O)Nc2ccc(F)cc2F)nc2cc(-c3ccccc3)sc2c1=O. The molecular weight excluding hydrogens is 440 g/mol. The number of benzene rings is 2. The van der Waals surface area contributed by atoms with E-state index in [1.54, 1.807) is 0 Å². The van der Waals surface area contributed by atoms with E-state index in [1.165, 1.54) is 15.9 Å². The number of thiophene rings is 1. The largest absolute Gasteiger partial charge is 0.323 e. The first-order chi connectivity index (χ1) is 15.0. The molecule has 158 valence electrons. The smallest absolute Gasteiger partial charge is 0.272 e. The third-order valence-electron chi connectivity index (χ3n) is 4.51. The van der Waals surface area contributed by atoms with Gasteiger partial charge in [0.2, 0.25) is 5.91 Å². The van der Waals surface area contributed by atoms with Crippen LogP contribution < -0.4 is 10.9 Å². The number of hydrogen-bond donors (Lipinski definition) is 1. The molecule has 2 aromatic heterocycles. The molecule has 2 heterocycles. The third kappa shape index (κ3) is 4.52. The van der Waals surface area contributed by atoms with Gasteiger partial charge in [-0.15, -0.1) is 11.3 Å². The average molecular weight is 458 g/mol. The molecule has 0 saturated carbocycles. The lowest BCUT2D eigenvalue weighted by atomic mass is 10.2. The Kier molecular flexibility index (Phi) is 6.15. The molecule has 0 aliphatic carbocycles. The Labute approximate surface area is 184 Å². The van der Waals surface area contributed by atoms with Crippen molar-refractivity contribution in [1.29, 1.82) is 0 Å². The monoisotopic (exact) mass is 457 g/mol. The van der Waals surface area contributed by atoms with E-state index in [2.05, 4.69) is 10.3 Å². The zero-order valence-electron chi connectivity index (χ0n) is 16.4. The molecular formula is C22H17F2N3O2S2. The van der Waals surface area contributed by atoms with Gasteiger partial charge in [0.15, 0.2) is 5.16 Å². The van der Waals surface area contributed by atoms with Gasteiger partial charge in [-0.3, -0.25) is 14.2 Å². The molecule has 0 fully saturated rings. The fourth-order valence-electron chi connectivity index (χ4n) is 3.03. The molecule has 1 N–H and O–H groups in total. The maximum absolute atomic E-state index is 13.7. The normalized spacial score (nSPS) is 11.1. The predicted octanol–water partition coefficient (Wildman–Crippen LogP) is 5.15. The number of nitrogens with zero attached hydrogens (tertiary/aromatic N) is 2. The van der Waals surface area contributed by atoms with Crippen LogP contribution in [0.4, 0.5) is 14.5 Å². The average Bonchev–Trinajstić information content (AvgIpc) is 3.19. The first-order valence-electron chi connectivity index (χ1n) is 9.43. The topological polar surface area (TPSA) is 64.0 Å². The van der Waals surface area contributed by atoms with E-state index >= 15 is 0 Å². The molecule has 5 nitrogen and oxygen atoms in total. The Morgan fingerprint density at radius 1 is 1.16 bits per heavy atom. The number of carbonyl (C=O) groups is 1. The number of hydrogen-bond acceptors (Lipinski definition) is 5. The molecule has 0 radical (unpaired) electrons. The summed E-state index contributed by atoms with van der Waals surface area (Å²) in [5.74, 6) is -2.14. The van der Waals surface area contributed by atoms with Crippen molar-refractivity contribution in [3.05, 3.63) is 76.6 Å². The van der Waals surface area contributed by atoms with Crippen molar-refractivity contribution in [2.24, 2.45) is 0 Å². The molecule has 31 heavy (non-hydrogen) atoms. The van der Waals surface area contributed by atoms with Crippen molar-refractivity contribution in [2.45, 2.75) is 18.6 Å². The lowest BCUT2D eigenvalue weighted by molar-refractivity contribution is -0.113. The second kappa shape index (κ2) is 8.99. The van der Waals surface area contributed by atoms with E-state index < -0.39 is 17.5 Å². The Morgan fingerprint density at radius 3 is 2.65 bits per heavy atom. The third-order valence-corrected chi connectivity index (χ3v) is 6.65. The number of anilines is 1. The number of carbonyl (C=O) groups excluding carboxylic acids is 1. The Hall–Kier alpha value is -3.04. The highest BCUT2D eigenvalue weighted by molar-refractivity contribution is 7.99. The second-order valence-corrected chi connectivity index (χ2v) is 8.59. The maximum Gasteiger partial charge on any atom is 0.272 e. The lowest BCUT2D eigenvalue weighted by Gasteiger charge is -2.10. The van der Waals surface area contributed by atoms with E-state index in [0.29, 0.717) is 28.0 Å². The minimum Gasteiger partial charge on any atom is -0.323 e. The number of aromatic nitrogens is 2. The van der Waals surface area contributed by atoms with Crippen molar-refractivity contribution in [3.8, 4) is 10.4 Å². The van der Waals surface area contributed by atoms with Crippen LogP contribution >= 0.6 is 23.1 Å². The standard InChI is InChI=1S/C22H17F2N3O2S2/c1-2-27-21(29)20-17(11-18(31-20)13-6-4-3-5-7-13)26-22(27)30-12-19(28)25-16-9-8-14(23)10-15(16)24/h3-11H,2,12H2,1H3,(H,25,28). The summed E-state index contributed by atoms with van der Waals surface area (Å²) in [4.78, 5) is 30.8. The zero-order valence-corrected chi connectivity index (χ0v) is 18.0. The highest BCUT2D eigenvalue weighted by atomic mass is 32.2. The van der Waals surface area contributed by atoms with Crippen LogP contribution in [0, 0.1) is 11.6 Å². The van der Waals surface area contributed by atoms with Crippen molar-refractivity contribution in [2.75, 3.05) is 11.1 Å². The molecule has 0 unspecified atom stereocenters. The zero-order chi connectivity index (χ0) is 22.0. The van der Waals surface area contributed by atoms with Gasteiger partial charge in [-0.05, 0) is 30.7 Å². The summed E-state index contributed by atoms with van der Waals surface area (Å²) in [5.41, 5.74) is 1.31. The fourth-order valence-corrected chi connectivity index (χ4v) is 4.95. The van der Waals surface area contributed by atoms with Crippen LogP contribution in [0.25, 0.3) is 20.7 Å². The van der Waals surface area contributed by atoms with Gasteiger partial charge in [0.1, 0.15) is 16.3 Å². The molecule has 0 bridgehead atoms. The van der Waals surface area contributed by atoms with Gasteiger partial charge in [0.05, 0.1) is 17.0 Å². The number of thioether (sulfide) groups is 1. The summed E-state index contributed by atoms with van der Waals surface area (Å²) in [6.45, 7) is 2.23. The fraction of sp³-hybridized carbons (Fsp3) is 0.136. The molecule has 0 spiro atoms. The lowest BCUT2D eigenvalue weighted by Crippen LogP contribution is -2.22. The maximum atomic E-state index is 13.7. The molecule has 0 saturated heterocycles. The number of nitrogens with one attached hydrogen (secondary N) is 1. The molecule has 1 amide bonds. The van der Waals surface area contributed by atoms with E-state index in [1.807, 2.05) is 43.3 Å². The summed E-state index contributed by atoms with van der Waals surface area (Å²) < 4.78 is 28.8. The number of fused-ring (bicyclic) bond motifs is 1. The van der Waals surface area contributed by atoms with Crippen LogP contribution in [0.2, 0.25) is 0 Å². The molecule has 0 aliphatic heterocycles. The van der Waals surface area contributed by atoms with Gasteiger partial charge in [0, 0.05) is 17.5 Å².